The number of imide groups is 1. The average Bonchev–Trinajstić information content (AvgIpc) is 2.52. The number of rotatable bonds is 4. The van der Waals surface area contributed by atoms with Crippen molar-refractivity contribution in [3.05, 3.63) is 39.9 Å². The van der Waals surface area contributed by atoms with Crippen LogP contribution in [0.4, 0.5) is 15.3 Å². The molecule has 0 heterocycles. The van der Waals surface area contributed by atoms with E-state index in [1.807, 2.05) is 0 Å². The van der Waals surface area contributed by atoms with Gasteiger partial charge in [0.2, 0.25) is 0 Å². The molecule has 0 saturated heterocycles. The summed E-state index contributed by atoms with van der Waals surface area (Å²) in [7, 11) is 0. The maximum atomic E-state index is 12.2. The highest BCUT2D eigenvalue weighted by Crippen LogP contribution is 2.14. The lowest BCUT2D eigenvalue weighted by Gasteiger charge is -2.17. The van der Waals surface area contributed by atoms with E-state index in [-0.39, 0.29) is 29.5 Å². The topological polar surface area (TPSA) is 125 Å². The van der Waals surface area contributed by atoms with Gasteiger partial charge in [-0.05, 0) is 26.0 Å². The van der Waals surface area contributed by atoms with Gasteiger partial charge in [-0.3, -0.25) is 19.7 Å². The molecule has 0 unspecified atom stereocenters. The lowest BCUT2D eigenvalue weighted by molar-refractivity contribution is -0.384. The number of hydrogen-bond acceptors (Lipinski definition) is 8. The number of nitrogens with zero attached hydrogens (tertiary/aromatic N) is 2. The van der Waals surface area contributed by atoms with E-state index in [9.17, 15) is 24.5 Å². The summed E-state index contributed by atoms with van der Waals surface area (Å²) in [4.78, 5) is 49.7. The summed E-state index contributed by atoms with van der Waals surface area (Å²) < 4.78 is 9.10. The van der Waals surface area contributed by atoms with Gasteiger partial charge >= 0.3 is 12.2 Å². The van der Waals surface area contributed by atoms with Crippen molar-refractivity contribution in [3.8, 4) is 0 Å². The molecule has 0 spiro atoms. The fourth-order valence-electron chi connectivity index (χ4n) is 1.41. The molecule has 10 nitrogen and oxygen atoms in total. The predicted molar refractivity (Wildman–Crippen MR) is 74.4 cm³/mol. The number of nitro benzene ring substituents is 1. The van der Waals surface area contributed by atoms with E-state index in [0.717, 1.165) is 24.3 Å². The van der Waals surface area contributed by atoms with Crippen molar-refractivity contribution >= 4 is 23.8 Å². The largest absolute Gasteiger partial charge is 0.534 e. The fraction of sp³-hybridized carbons (Fsp3) is 0.308. The minimum Gasteiger partial charge on any atom is -0.447 e. The third-order valence-corrected chi connectivity index (χ3v) is 2.37. The summed E-state index contributed by atoms with van der Waals surface area (Å²) in [6.07, 6.45) is -2.49. The van der Waals surface area contributed by atoms with Gasteiger partial charge in [0, 0.05) is 17.7 Å². The molecule has 1 rings (SSSR count). The van der Waals surface area contributed by atoms with Crippen molar-refractivity contribution in [2.75, 3.05) is 13.2 Å². The van der Waals surface area contributed by atoms with Gasteiger partial charge in [0.05, 0.1) is 18.1 Å². The molecule has 0 N–H and O–H groups in total. The Balaban J connectivity index is 2.99. The molecule has 2 amide bonds. The second kappa shape index (κ2) is 8.32. The molecule has 0 aliphatic rings. The van der Waals surface area contributed by atoms with Crippen LogP contribution in [0.15, 0.2) is 24.3 Å². The quantitative estimate of drug-likeness (QED) is 0.468. The van der Waals surface area contributed by atoms with Crippen LogP contribution in [0.1, 0.15) is 24.2 Å². The SMILES string of the molecule is CCOC(=O)ON(C(=O)OCC)C(=O)c1ccc([N+](=O)[O-])cc1. The van der Waals surface area contributed by atoms with Gasteiger partial charge in [-0.25, -0.2) is 9.59 Å². The van der Waals surface area contributed by atoms with Crippen LogP contribution < -0.4 is 0 Å². The molecule has 0 aromatic heterocycles. The zero-order valence-electron chi connectivity index (χ0n) is 12.4. The molecule has 0 aliphatic heterocycles. The van der Waals surface area contributed by atoms with Crippen molar-refractivity contribution in [3.63, 3.8) is 0 Å². The second-order valence-corrected chi connectivity index (χ2v) is 3.88. The Morgan fingerprint density at radius 1 is 1.09 bits per heavy atom. The minimum atomic E-state index is -1.27. The Kier molecular flexibility index (Phi) is 6.46. The predicted octanol–water partition coefficient (Wildman–Crippen LogP) is 2.28. The number of nitro groups is 1. The van der Waals surface area contributed by atoms with Gasteiger partial charge in [-0.1, -0.05) is 5.06 Å². The molecule has 0 bridgehead atoms. The minimum absolute atomic E-state index is 0.0266. The fourth-order valence-corrected chi connectivity index (χ4v) is 1.41. The number of hydrogen-bond donors (Lipinski definition) is 0. The zero-order chi connectivity index (χ0) is 17.4. The van der Waals surface area contributed by atoms with Crippen LogP contribution in [0.3, 0.4) is 0 Å². The van der Waals surface area contributed by atoms with Gasteiger partial charge in [0.15, 0.2) is 0 Å². The van der Waals surface area contributed by atoms with Gasteiger partial charge in [-0.15, -0.1) is 0 Å². The number of ether oxygens (including phenoxy) is 2. The van der Waals surface area contributed by atoms with Crippen LogP contribution in [-0.2, 0) is 14.3 Å². The highest BCUT2D eigenvalue weighted by atomic mass is 16.8. The second-order valence-electron chi connectivity index (χ2n) is 3.88. The summed E-state index contributed by atoms with van der Waals surface area (Å²) in [5.41, 5.74) is -0.358. The summed E-state index contributed by atoms with van der Waals surface area (Å²) in [6.45, 7) is 2.92. The molecule has 0 aliphatic carbocycles. The first-order valence-electron chi connectivity index (χ1n) is 6.51. The van der Waals surface area contributed by atoms with E-state index < -0.39 is 23.1 Å². The molecule has 10 heteroatoms. The van der Waals surface area contributed by atoms with Crippen LogP contribution in [0.5, 0.6) is 0 Å². The smallest absolute Gasteiger partial charge is 0.447 e. The highest BCUT2D eigenvalue weighted by molar-refractivity contribution is 6.02. The lowest BCUT2D eigenvalue weighted by Crippen LogP contribution is -2.39. The van der Waals surface area contributed by atoms with Crippen molar-refractivity contribution in [2.45, 2.75) is 13.8 Å². The first-order chi connectivity index (χ1) is 10.9. The Labute approximate surface area is 130 Å². The van der Waals surface area contributed by atoms with Crippen molar-refractivity contribution in [2.24, 2.45) is 0 Å². The van der Waals surface area contributed by atoms with E-state index in [1.54, 1.807) is 0 Å². The van der Waals surface area contributed by atoms with Crippen molar-refractivity contribution < 1.29 is 33.6 Å². The Morgan fingerprint density at radius 3 is 2.13 bits per heavy atom. The standard InChI is InChI=1S/C13H14N2O8/c1-3-21-12(17)14(23-13(18)22-4-2)11(16)9-5-7-10(8-6-9)15(19)20/h5-8H,3-4H2,1-2H3. The normalized spacial score (nSPS) is 9.65. The van der Waals surface area contributed by atoms with Crippen LogP contribution >= 0.6 is 0 Å². The molecular formula is C13H14N2O8. The number of non-ortho nitro benzene ring substituents is 1. The Morgan fingerprint density at radius 2 is 1.65 bits per heavy atom. The summed E-state index contributed by atoms with van der Waals surface area (Å²) >= 11 is 0. The number of carbonyl (C=O) groups excluding carboxylic acids is 3. The molecule has 0 radical (unpaired) electrons. The Bertz CT molecular complexity index is 598. The van der Waals surface area contributed by atoms with Crippen LogP contribution in [0.25, 0.3) is 0 Å². The van der Waals surface area contributed by atoms with Gasteiger partial charge < -0.3 is 9.47 Å². The first-order valence-corrected chi connectivity index (χ1v) is 6.51. The third kappa shape index (κ3) is 4.95. The molecule has 124 valence electrons. The number of amides is 2. The van der Waals surface area contributed by atoms with Crippen LogP contribution in [-0.4, -0.2) is 41.4 Å². The zero-order valence-corrected chi connectivity index (χ0v) is 12.4. The summed E-state index contributed by atoms with van der Waals surface area (Å²) in [6, 6.07) is 4.37. The van der Waals surface area contributed by atoms with Crippen molar-refractivity contribution in [1.82, 2.24) is 5.06 Å². The van der Waals surface area contributed by atoms with Gasteiger partial charge in [0.25, 0.3) is 11.6 Å². The first kappa shape index (κ1) is 17.9. The summed E-state index contributed by atoms with van der Waals surface area (Å²) in [5, 5.41) is 10.7. The van der Waals surface area contributed by atoms with Gasteiger partial charge in [0.1, 0.15) is 0 Å². The van der Waals surface area contributed by atoms with E-state index in [0.29, 0.717) is 0 Å². The highest BCUT2D eigenvalue weighted by Gasteiger charge is 2.30. The van der Waals surface area contributed by atoms with Crippen LogP contribution in [0, 0.1) is 10.1 Å². The number of hydroxylamine groups is 2. The lowest BCUT2D eigenvalue weighted by atomic mass is 10.2. The van der Waals surface area contributed by atoms with Crippen molar-refractivity contribution in [1.29, 1.82) is 0 Å². The van der Waals surface area contributed by atoms with Crippen LogP contribution in [0.2, 0.25) is 0 Å². The van der Waals surface area contributed by atoms with E-state index in [1.165, 1.54) is 13.8 Å². The molecular weight excluding hydrogens is 312 g/mol. The van der Waals surface area contributed by atoms with E-state index in [4.69, 9.17) is 0 Å². The number of benzene rings is 1. The molecule has 0 fully saturated rings. The molecule has 0 atom stereocenters. The number of carbonyl (C=O) groups is 3. The summed E-state index contributed by atoms with van der Waals surface area (Å²) in [5.74, 6) is -1.04. The van der Waals surface area contributed by atoms with E-state index in [2.05, 4.69) is 14.3 Å². The maximum absolute atomic E-state index is 12.2. The monoisotopic (exact) mass is 326 g/mol. The van der Waals surface area contributed by atoms with E-state index >= 15 is 0 Å². The Hall–Kier alpha value is -3.17. The average molecular weight is 326 g/mol. The molecule has 1 aromatic rings. The molecule has 1 aromatic carbocycles. The van der Waals surface area contributed by atoms with Gasteiger partial charge in [-0.2, -0.15) is 0 Å². The maximum Gasteiger partial charge on any atom is 0.534 e. The molecule has 23 heavy (non-hydrogen) atoms. The molecule has 0 saturated carbocycles. The third-order valence-electron chi connectivity index (χ3n) is 2.37.